The molecule has 0 fully saturated rings. The van der Waals surface area contributed by atoms with Crippen LogP contribution < -0.4 is 34.7 Å². The van der Waals surface area contributed by atoms with E-state index < -0.39 is 5.97 Å². The third kappa shape index (κ3) is 5.85. The zero-order valence-electron chi connectivity index (χ0n) is 14.5. The Labute approximate surface area is 179 Å². The molecule has 0 spiro atoms. The van der Waals surface area contributed by atoms with E-state index in [0.717, 1.165) is 21.7 Å². The average Bonchev–Trinajstić information content (AvgIpc) is 2.66. The third-order valence-electron chi connectivity index (χ3n) is 3.62. The quantitative estimate of drug-likeness (QED) is 0.479. The molecule has 3 rings (SSSR count). The Hall–Kier alpha value is -1.85. The first-order valence-electron chi connectivity index (χ1n) is 7.83. The number of carbonyl (C=O) groups is 1. The van der Waals surface area contributed by atoms with Crippen LogP contribution >= 0.6 is 11.8 Å². The largest absolute Gasteiger partial charge is 1.00 e. The molecule has 0 saturated heterocycles. The van der Waals surface area contributed by atoms with Crippen molar-refractivity contribution in [3.8, 4) is 0 Å². The summed E-state index contributed by atoms with van der Waals surface area (Å²) < 4.78 is 0. The summed E-state index contributed by atoms with van der Waals surface area (Å²) in [5.41, 5.74) is 3.38. The number of hydrogen-bond acceptors (Lipinski definition) is 4. The molecule has 1 heterocycles. The van der Waals surface area contributed by atoms with Crippen LogP contribution in [0.15, 0.2) is 77.8 Å². The van der Waals surface area contributed by atoms with Gasteiger partial charge in [0.05, 0.1) is 11.7 Å². The van der Waals surface area contributed by atoms with Gasteiger partial charge in [0.25, 0.3) is 0 Å². The van der Waals surface area contributed by atoms with E-state index >= 15 is 0 Å². The number of benzene rings is 2. The van der Waals surface area contributed by atoms with Gasteiger partial charge in [-0.25, -0.2) is 0 Å². The smallest absolute Gasteiger partial charge is 0.545 e. The van der Waals surface area contributed by atoms with Gasteiger partial charge in [-0.15, -0.1) is 11.8 Å². The second kappa shape index (κ2) is 10.3. The van der Waals surface area contributed by atoms with E-state index in [-0.39, 0.29) is 35.1 Å². The van der Waals surface area contributed by atoms with E-state index in [4.69, 9.17) is 0 Å². The van der Waals surface area contributed by atoms with Gasteiger partial charge in [-0.05, 0) is 35.4 Å². The molecule has 1 aromatic heterocycles. The number of nitrogens with zero attached hydrogens (tertiary/aromatic N) is 1. The molecule has 0 saturated carbocycles. The Bertz CT molecular complexity index is 880. The number of aromatic nitrogens is 1. The molecule has 0 aliphatic carbocycles. The summed E-state index contributed by atoms with van der Waals surface area (Å²) in [4.78, 5) is 16.1. The van der Waals surface area contributed by atoms with Crippen LogP contribution in [-0.4, -0.2) is 11.0 Å². The topological polar surface area (TPSA) is 53.0 Å². The van der Waals surface area contributed by atoms with Crippen molar-refractivity contribution < 1.29 is 39.5 Å². The molecule has 0 unspecified atom stereocenters. The van der Waals surface area contributed by atoms with E-state index in [1.165, 1.54) is 11.8 Å². The standard InChI is InChI=1S/C21H17NO2S.Na/c23-21(24)19-6-1-2-7-20(19)25-15-17-10-8-16(9-11-17)12-13-18-5-3-4-14-22-18;/h1-14H,15H2,(H,23,24);/q;+1/p-1/b13-12+;. The Morgan fingerprint density at radius 3 is 2.38 bits per heavy atom. The van der Waals surface area contributed by atoms with Gasteiger partial charge in [0.2, 0.25) is 0 Å². The summed E-state index contributed by atoms with van der Waals surface area (Å²) in [6, 6.07) is 20.9. The molecule has 0 aliphatic rings. The number of carboxylic acids is 1. The minimum absolute atomic E-state index is 0. The number of hydrogen-bond donors (Lipinski definition) is 0. The summed E-state index contributed by atoms with van der Waals surface area (Å²) in [5, 5.41) is 11.1. The maximum atomic E-state index is 11.1. The molecule has 0 atom stereocenters. The van der Waals surface area contributed by atoms with Crippen LogP contribution in [0.4, 0.5) is 0 Å². The second-order valence-electron chi connectivity index (χ2n) is 5.40. The molecule has 0 amide bonds. The van der Waals surface area contributed by atoms with Crippen LogP contribution in [-0.2, 0) is 5.75 Å². The van der Waals surface area contributed by atoms with Gasteiger partial charge >= 0.3 is 29.6 Å². The summed E-state index contributed by atoms with van der Waals surface area (Å²) in [6.07, 6.45) is 5.76. The predicted molar refractivity (Wildman–Crippen MR) is 99.9 cm³/mol. The zero-order chi connectivity index (χ0) is 17.5. The molecule has 0 aliphatic heterocycles. The van der Waals surface area contributed by atoms with Crippen molar-refractivity contribution in [2.75, 3.05) is 0 Å². The number of pyridine rings is 1. The molecule has 2 aromatic carbocycles. The van der Waals surface area contributed by atoms with Crippen molar-refractivity contribution in [2.24, 2.45) is 0 Å². The Kier molecular flexibility index (Phi) is 8.13. The molecule has 124 valence electrons. The summed E-state index contributed by atoms with van der Waals surface area (Å²) in [6.45, 7) is 0. The molecule has 26 heavy (non-hydrogen) atoms. The van der Waals surface area contributed by atoms with Gasteiger partial charge in [-0.3, -0.25) is 4.98 Å². The fourth-order valence-corrected chi connectivity index (χ4v) is 3.30. The van der Waals surface area contributed by atoms with Gasteiger partial charge in [-0.2, -0.15) is 0 Å². The van der Waals surface area contributed by atoms with E-state index in [2.05, 4.69) is 4.98 Å². The summed E-state index contributed by atoms with van der Waals surface area (Å²) in [5.74, 6) is -0.438. The molecule has 0 radical (unpaired) electrons. The van der Waals surface area contributed by atoms with Crippen molar-refractivity contribution in [1.29, 1.82) is 0 Å². The van der Waals surface area contributed by atoms with Crippen LogP contribution in [0.25, 0.3) is 12.2 Å². The van der Waals surface area contributed by atoms with Gasteiger partial charge in [0, 0.05) is 22.4 Å². The third-order valence-corrected chi connectivity index (χ3v) is 4.76. The fourth-order valence-electron chi connectivity index (χ4n) is 2.30. The summed E-state index contributed by atoms with van der Waals surface area (Å²) >= 11 is 1.50. The van der Waals surface area contributed by atoms with E-state index in [1.807, 2.05) is 60.7 Å². The minimum atomic E-state index is -1.14. The van der Waals surface area contributed by atoms with E-state index in [0.29, 0.717) is 5.75 Å². The molecule has 3 aromatic rings. The number of rotatable bonds is 6. The SMILES string of the molecule is O=C([O-])c1ccccc1SCc1ccc(/C=C/c2ccccn2)cc1.[Na+]. The Morgan fingerprint density at radius 2 is 1.69 bits per heavy atom. The first-order valence-corrected chi connectivity index (χ1v) is 8.82. The van der Waals surface area contributed by atoms with Crippen LogP contribution in [0.5, 0.6) is 0 Å². The van der Waals surface area contributed by atoms with Gasteiger partial charge < -0.3 is 9.90 Å². The average molecular weight is 369 g/mol. The molecule has 0 N–H and O–H groups in total. The fraction of sp³-hybridized carbons (Fsp3) is 0.0476. The normalized spacial score (nSPS) is 10.5. The van der Waals surface area contributed by atoms with Crippen molar-refractivity contribution >= 4 is 29.9 Å². The van der Waals surface area contributed by atoms with Crippen LogP contribution in [0, 0.1) is 0 Å². The molecular formula is C21H16NNaO2S. The van der Waals surface area contributed by atoms with Gasteiger partial charge in [-0.1, -0.05) is 54.6 Å². The number of thioether (sulfide) groups is 1. The maximum Gasteiger partial charge on any atom is 1.00 e. The monoisotopic (exact) mass is 369 g/mol. The Balaban J connectivity index is 0.00000243. The molecule has 3 nitrogen and oxygen atoms in total. The summed E-state index contributed by atoms with van der Waals surface area (Å²) in [7, 11) is 0. The van der Waals surface area contributed by atoms with Gasteiger partial charge in [0.15, 0.2) is 0 Å². The van der Waals surface area contributed by atoms with Crippen molar-refractivity contribution in [1.82, 2.24) is 4.98 Å². The molecular weight excluding hydrogens is 353 g/mol. The second-order valence-corrected chi connectivity index (χ2v) is 6.42. The van der Waals surface area contributed by atoms with Crippen LogP contribution in [0.1, 0.15) is 27.2 Å². The van der Waals surface area contributed by atoms with Crippen LogP contribution in [0.3, 0.4) is 0 Å². The number of aromatic carboxylic acids is 1. The van der Waals surface area contributed by atoms with Crippen LogP contribution in [0.2, 0.25) is 0 Å². The van der Waals surface area contributed by atoms with E-state index in [1.54, 1.807) is 24.4 Å². The molecule has 5 heteroatoms. The Morgan fingerprint density at radius 1 is 0.962 bits per heavy atom. The maximum absolute atomic E-state index is 11.1. The van der Waals surface area contributed by atoms with Crippen molar-refractivity contribution in [3.63, 3.8) is 0 Å². The number of carbonyl (C=O) groups excluding carboxylic acids is 1. The minimum Gasteiger partial charge on any atom is -0.545 e. The predicted octanol–water partition coefficient (Wildman–Crippen LogP) is 0.912. The van der Waals surface area contributed by atoms with Crippen molar-refractivity contribution in [2.45, 2.75) is 10.6 Å². The number of carboxylic acid groups (broad SMARTS) is 1. The van der Waals surface area contributed by atoms with Crippen molar-refractivity contribution in [3.05, 3.63) is 95.3 Å². The van der Waals surface area contributed by atoms with E-state index in [9.17, 15) is 9.90 Å². The molecule has 0 bridgehead atoms. The zero-order valence-corrected chi connectivity index (χ0v) is 17.3. The first kappa shape index (κ1) is 20.5. The van der Waals surface area contributed by atoms with Gasteiger partial charge in [0.1, 0.15) is 0 Å². The first-order chi connectivity index (χ1) is 12.2.